The number of benzene rings is 1. The minimum atomic E-state index is -3.58. The number of rotatable bonds is 3. The molecule has 7 heteroatoms. The first-order valence-electron chi connectivity index (χ1n) is 9.93. The number of carbonyl (C=O) groups is 1. The first-order chi connectivity index (χ1) is 12.9. The molecule has 2 aliphatic heterocycles. The highest BCUT2D eigenvalue weighted by Gasteiger charge is 2.32. The van der Waals surface area contributed by atoms with Crippen LogP contribution in [0.3, 0.4) is 0 Å². The van der Waals surface area contributed by atoms with E-state index in [1.54, 1.807) is 24.3 Å². The van der Waals surface area contributed by atoms with E-state index in [1.807, 2.05) is 18.7 Å². The first kappa shape index (κ1) is 20.3. The minimum absolute atomic E-state index is 0.00513. The predicted octanol–water partition coefficient (Wildman–Crippen LogP) is 2.89. The number of sulfonamides is 1. The maximum Gasteiger partial charge on any atom is 0.253 e. The largest absolute Gasteiger partial charge is 0.373 e. The number of hydrogen-bond donors (Lipinski definition) is 0. The van der Waals surface area contributed by atoms with Gasteiger partial charge in [-0.3, -0.25) is 4.79 Å². The van der Waals surface area contributed by atoms with Crippen molar-refractivity contribution in [2.75, 3.05) is 26.2 Å². The first-order valence-corrected chi connectivity index (χ1v) is 11.4. The molecule has 0 N–H and O–H groups in total. The van der Waals surface area contributed by atoms with Gasteiger partial charge < -0.3 is 9.64 Å². The van der Waals surface area contributed by atoms with Crippen molar-refractivity contribution in [3.8, 4) is 0 Å². The third kappa shape index (κ3) is 4.89. The smallest absolute Gasteiger partial charge is 0.253 e. The van der Waals surface area contributed by atoms with Gasteiger partial charge in [-0.1, -0.05) is 19.3 Å². The quantitative estimate of drug-likeness (QED) is 0.791. The van der Waals surface area contributed by atoms with Crippen LogP contribution in [0.15, 0.2) is 29.2 Å². The summed E-state index contributed by atoms with van der Waals surface area (Å²) >= 11 is 0. The fraction of sp³-hybridized carbons (Fsp3) is 0.650. The van der Waals surface area contributed by atoms with E-state index in [-0.39, 0.29) is 23.0 Å². The standard InChI is InChI=1S/C20H30N2O4S/c1-16-14-22(15-17(2)26-16)27(24,25)19-10-8-18(9-11-19)20(23)21-12-6-4-3-5-7-13-21/h8-11,16-17H,3-7,12-15H2,1-2H3/t16-,17-/m1/s1. The molecule has 2 saturated heterocycles. The van der Waals surface area contributed by atoms with E-state index in [0.717, 1.165) is 38.8 Å². The molecule has 0 saturated carbocycles. The summed E-state index contributed by atoms with van der Waals surface area (Å²) in [6, 6.07) is 6.39. The van der Waals surface area contributed by atoms with Gasteiger partial charge in [-0.15, -0.1) is 0 Å². The Morgan fingerprint density at radius 2 is 1.44 bits per heavy atom. The van der Waals surface area contributed by atoms with Gasteiger partial charge in [0.05, 0.1) is 17.1 Å². The zero-order chi connectivity index (χ0) is 19.4. The van der Waals surface area contributed by atoms with Gasteiger partial charge in [0.1, 0.15) is 0 Å². The average Bonchev–Trinajstić information content (AvgIpc) is 2.60. The maximum absolute atomic E-state index is 12.9. The summed E-state index contributed by atoms with van der Waals surface area (Å²) in [6.45, 7) is 6.01. The van der Waals surface area contributed by atoms with Crippen LogP contribution in [-0.2, 0) is 14.8 Å². The summed E-state index contributed by atoms with van der Waals surface area (Å²) in [5, 5.41) is 0. The summed E-state index contributed by atoms with van der Waals surface area (Å²) in [4.78, 5) is 14.9. The lowest BCUT2D eigenvalue weighted by atomic mass is 10.1. The number of likely N-dealkylation sites (tertiary alicyclic amines) is 1. The normalized spacial score (nSPS) is 25.6. The van der Waals surface area contributed by atoms with Gasteiger partial charge in [-0.25, -0.2) is 8.42 Å². The predicted molar refractivity (Wildman–Crippen MR) is 104 cm³/mol. The Kier molecular flexibility index (Phi) is 6.55. The molecule has 2 heterocycles. The van der Waals surface area contributed by atoms with Gasteiger partial charge in [0, 0.05) is 31.7 Å². The number of morpholine rings is 1. The Morgan fingerprint density at radius 1 is 0.926 bits per heavy atom. The highest BCUT2D eigenvalue weighted by molar-refractivity contribution is 7.89. The lowest BCUT2D eigenvalue weighted by molar-refractivity contribution is -0.0440. The lowest BCUT2D eigenvalue weighted by Gasteiger charge is -2.34. The fourth-order valence-electron chi connectivity index (χ4n) is 3.88. The number of amides is 1. The van der Waals surface area contributed by atoms with Crippen LogP contribution in [0, 0.1) is 0 Å². The van der Waals surface area contributed by atoms with Gasteiger partial charge in [-0.05, 0) is 51.0 Å². The molecule has 0 aliphatic carbocycles. The summed E-state index contributed by atoms with van der Waals surface area (Å²) in [5.41, 5.74) is 0.554. The van der Waals surface area contributed by atoms with Gasteiger partial charge in [0.2, 0.25) is 10.0 Å². The maximum atomic E-state index is 12.9. The zero-order valence-electron chi connectivity index (χ0n) is 16.3. The van der Waals surface area contributed by atoms with Crippen LogP contribution in [0.4, 0.5) is 0 Å². The molecule has 27 heavy (non-hydrogen) atoms. The molecule has 0 bridgehead atoms. The zero-order valence-corrected chi connectivity index (χ0v) is 17.1. The molecule has 2 fully saturated rings. The molecule has 2 atom stereocenters. The molecule has 1 amide bonds. The Hall–Kier alpha value is -1.44. The van der Waals surface area contributed by atoms with E-state index in [0.29, 0.717) is 18.7 Å². The van der Waals surface area contributed by atoms with Crippen molar-refractivity contribution in [2.24, 2.45) is 0 Å². The van der Waals surface area contributed by atoms with Crippen LogP contribution < -0.4 is 0 Å². The Bertz CT molecular complexity index is 730. The van der Waals surface area contributed by atoms with Crippen molar-refractivity contribution in [1.29, 1.82) is 0 Å². The van der Waals surface area contributed by atoms with Crippen molar-refractivity contribution >= 4 is 15.9 Å². The Morgan fingerprint density at radius 3 is 2.00 bits per heavy atom. The van der Waals surface area contributed by atoms with Crippen molar-refractivity contribution < 1.29 is 17.9 Å². The fourth-order valence-corrected chi connectivity index (χ4v) is 5.47. The molecule has 0 unspecified atom stereocenters. The molecule has 0 radical (unpaired) electrons. The van der Waals surface area contributed by atoms with E-state index in [1.165, 1.54) is 10.7 Å². The summed E-state index contributed by atoms with van der Waals surface area (Å²) in [5.74, 6) is -0.00513. The van der Waals surface area contributed by atoms with Crippen LogP contribution >= 0.6 is 0 Å². The van der Waals surface area contributed by atoms with Crippen LogP contribution in [0.1, 0.15) is 56.3 Å². The van der Waals surface area contributed by atoms with Crippen LogP contribution in [0.25, 0.3) is 0 Å². The van der Waals surface area contributed by atoms with E-state index in [4.69, 9.17) is 4.74 Å². The number of carbonyl (C=O) groups excluding carboxylic acids is 1. The molecular formula is C20H30N2O4S. The molecule has 0 aromatic heterocycles. The second-order valence-electron chi connectivity index (χ2n) is 7.66. The third-order valence-electron chi connectivity index (χ3n) is 5.27. The summed E-state index contributed by atoms with van der Waals surface area (Å²) in [6.07, 6.45) is 5.38. The van der Waals surface area contributed by atoms with Gasteiger partial charge in [0.25, 0.3) is 5.91 Å². The van der Waals surface area contributed by atoms with E-state index in [2.05, 4.69) is 0 Å². The lowest BCUT2D eigenvalue weighted by Crippen LogP contribution is -2.48. The number of hydrogen-bond acceptors (Lipinski definition) is 4. The third-order valence-corrected chi connectivity index (χ3v) is 7.11. The number of ether oxygens (including phenoxy) is 1. The molecule has 0 spiro atoms. The molecule has 150 valence electrons. The summed E-state index contributed by atoms with van der Waals surface area (Å²) < 4.78 is 32.9. The second kappa shape index (κ2) is 8.71. The van der Waals surface area contributed by atoms with Crippen LogP contribution in [0.5, 0.6) is 0 Å². The van der Waals surface area contributed by atoms with Gasteiger partial charge in [-0.2, -0.15) is 4.31 Å². The Balaban J connectivity index is 1.73. The highest BCUT2D eigenvalue weighted by Crippen LogP contribution is 2.22. The SMILES string of the molecule is C[C@@H]1CN(S(=O)(=O)c2ccc(C(=O)N3CCCCCCC3)cc2)C[C@@H](C)O1. The molecule has 1 aromatic carbocycles. The highest BCUT2D eigenvalue weighted by atomic mass is 32.2. The molecule has 1 aromatic rings. The molecule has 3 rings (SSSR count). The molecule has 6 nitrogen and oxygen atoms in total. The van der Waals surface area contributed by atoms with Crippen molar-refractivity contribution in [1.82, 2.24) is 9.21 Å². The average molecular weight is 395 g/mol. The monoisotopic (exact) mass is 394 g/mol. The van der Waals surface area contributed by atoms with Crippen LogP contribution in [-0.4, -0.2) is 61.9 Å². The van der Waals surface area contributed by atoms with Gasteiger partial charge >= 0.3 is 0 Å². The van der Waals surface area contributed by atoms with Crippen molar-refractivity contribution in [2.45, 2.75) is 63.1 Å². The Labute approximate surface area is 162 Å². The van der Waals surface area contributed by atoms with Gasteiger partial charge in [0.15, 0.2) is 0 Å². The topological polar surface area (TPSA) is 66.9 Å². The van der Waals surface area contributed by atoms with E-state index < -0.39 is 10.0 Å². The van der Waals surface area contributed by atoms with Crippen LogP contribution in [0.2, 0.25) is 0 Å². The van der Waals surface area contributed by atoms with Crippen molar-refractivity contribution in [3.63, 3.8) is 0 Å². The molecular weight excluding hydrogens is 364 g/mol. The molecule has 2 aliphatic rings. The van der Waals surface area contributed by atoms with E-state index >= 15 is 0 Å². The second-order valence-corrected chi connectivity index (χ2v) is 9.60. The van der Waals surface area contributed by atoms with E-state index in [9.17, 15) is 13.2 Å². The van der Waals surface area contributed by atoms with Crippen molar-refractivity contribution in [3.05, 3.63) is 29.8 Å². The minimum Gasteiger partial charge on any atom is -0.373 e. The number of nitrogens with zero attached hydrogens (tertiary/aromatic N) is 2. The summed E-state index contributed by atoms with van der Waals surface area (Å²) in [7, 11) is -3.58.